The Kier molecular flexibility index (Phi) is 5.28. The predicted octanol–water partition coefficient (Wildman–Crippen LogP) is 3.26. The number of hydrogen-bond donors (Lipinski definition) is 2. The standard InChI is InChI=1S/C22H23N5O/c1-15(9-10-16-6-3-2-4-7-16)25-21-18-11-13-24-22(28)19(18)26-20(27-21)17-8-5-12-23-14-17/h2-8,12,14-15H,9-11,13H2,1H3,(H,24,28)(H,25,26,27). The molecule has 0 saturated heterocycles. The van der Waals surface area contributed by atoms with Crippen LogP contribution in [0, 0.1) is 0 Å². The Morgan fingerprint density at radius 1 is 1.14 bits per heavy atom. The van der Waals surface area contributed by atoms with Gasteiger partial charge in [-0.25, -0.2) is 9.97 Å². The lowest BCUT2D eigenvalue weighted by Gasteiger charge is -2.22. The molecule has 3 aromatic rings. The van der Waals surface area contributed by atoms with Crippen molar-refractivity contribution in [1.82, 2.24) is 20.3 Å². The maximum Gasteiger partial charge on any atom is 0.270 e. The Morgan fingerprint density at radius 3 is 2.79 bits per heavy atom. The van der Waals surface area contributed by atoms with Crippen molar-refractivity contribution < 1.29 is 4.79 Å². The lowest BCUT2D eigenvalue weighted by molar-refractivity contribution is 0.0940. The maximum atomic E-state index is 12.4. The van der Waals surface area contributed by atoms with E-state index in [1.165, 1.54) is 5.56 Å². The number of amides is 1. The summed E-state index contributed by atoms with van der Waals surface area (Å²) < 4.78 is 0. The van der Waals surface area contributed by atoms with E-state index in [0.717, 1.165) is 36.2 Å². The highest BCUT2D eigenvalue weighted by atomic mass is 16.1. The number of fused-ring (bicyclic) bond motifs is 1. The molecule has 1 atom stereocenters. The van der Waals surface area contributed by atoms with Crippen molar-refractivity contribution in [3.8, 4) is 11.4 Å². The molecule has 1 amide bonds. The molecule has 0 fully saturated rings. The summed E-state index contributed by atoms with van der Waals surface area (Å²) in [5.74, 6) is 1.12. The fourth-order valence-electron chi connectivity index (χ4n) is 3.37. The Balaban J connectivity index is 1.60. The molecule has 4 rings (SSSR count). The van der Waals surface area contributed by atoms with Crippen LogP contribution in [0.5, 0.6) is 0 Å². The molecule has 1 unspecified atom stereocenters. The van der Waals surface area contributed by atoms with Crippen molar-refractivity contribution in [2.24, 2.45) is 0 Å². The van der Waals surface area contributed by atoms with Gasteiger partial charge >= 0.3 is 0 Å². The molecular weight excluding hydrogens is 350 g/mol. The van der Waals surface area contributed by atoms with Gasteiger partial charge in [0.1, 0.15) is 11.5 Å². The zero-order chi connectivity index (χ0) is 19.3. The molecule has 0 radical (unpaired) electrons. The molecule has 2 aromatic heterocycles. The predicted molar refractivity (Wildman–Crippen MR) is 109 cm³/mol. The molecule has 0 aliphatic carbocycles. The summed E-state index contributed by atoms with van der Waals surface area (Å²) in [6, 6.07) is 14.4. The molecule has 142 valence electrons. The van der Waals surface area contributed by atoms with Gasteiger partial charge < -0.3 is 10.6 Å². The topological polar surface area (TPSA) is 79.8 Å². The molecule has 0 bridgehead atoms. The van der Waals surface area contributed by atoms with Crippen LogP contribution in [0.15, 0.2) is 54.9 Å². The van der Waals surface area contributed by atoms with E-state index in [1.54, 1.807) is 12.4 Å². The number of carbonyl (C=O) groups excluding carboxylic acids is 1. The molecular formula is C22H23N5O. The summed E-state index contributed by atoms with van der Waals surface area (Å²) in [4.78, 5) is 25.8. The first-order chi connectivity index (χ1) is 13.7. The highest BCUT2D eigenvalue weighted by molar-refractivity contribution is 5.96. The number of nitrogens with one attached hydrogen (secondary N) is 2. The Morgan fingerprint density at radius 2 is 2.00 bits per heavy atom. The van der Waals surface area contributed by atoms with Gasteiger partial charge in [0, 0.05) is 36.1 Å². The Labute approximate surface area is 164 Å². The average molecular weight is 373 g/mol. The summed E-state index contributed by atoms with van der Waals surface area (Å²) >= 11 is 0. The summed E-state index contributed by atoms with van der Waals surface area (Å²) in [5, 5.41) is 6.39. The van der Waals surface area contributed by atoms with Gasteiger partial charge in [-0.15, -0.1) is 0 Å². The van der Waals surface area contributed by atoms with Gasteiger partial charge in [-0.1, -0.05) is 30.3 Å². The highest BCUT2D eigenvalue weighted by Crippen LogP contribution is 2.25. The quantitative estimate of drug-likeness (QED) is 0.693. The van der Waals surface area contributed by atoms with E-state index in [1.807, 2.05) is 18.2 Å². The molecule has 1 aliphatic rings. The minimum absolute atomic E-state index is 0.145. The van der Waals surface area contributed by atoms with Crippen LogP contribution in [0.25, 0.3) is 11.4 Å². The number of aromatic nitrogens is 3. The van der Waals surface area contributed by atoms with Gasteiger partial charge in [-0.05, 0) is 43.9 Å². The van der Waals surface area contributed by atoms with Crippen LogP contribution >= 0.6 is 0 Å². The molecule has 2 N–H and O–H groups in total. The summed E-state index contributed by atoms with van der Waals surface area (Å²) in [6.45, 7) is 2.75. The SMILES string of the molecule is CC(CCc1ccccc1)Nc1nc(-c2cccnc2)nc2c1CCNC2=O. The fourth-order valence-corrected chi connectivity index (χ4v) is 3.37. The van der Waals surface area contributed by atoms with E-state index in [9.17, 15) is 4.79 Å². The molecule has 28 heavy (non-hydrogen) atoms. The summed E-state index contributed by atoms with van der Waals surface area (Å²) in [6.07, 6.45) is 6.10. The van der Waals surface area contributed by atoms with Gasteiger partial charge in [-0.2, -0.15) is 0 Å². The van der Waals surface area contributed by atoms with E-state index < -0.39 is 0 Å². The molecule has 0 spiro atoms. The average Bonchev–Trinajstić information content (AvgIpc) is 2.74. The molecule has 1 aliphatic heterocycles. The first kappa shape index (κ1) is 18.1. The van der Waals surface area contributed by atoms with Gasteiger partial charge in [0.25, 0.3) is 5.91 Å². The third-order valence-electron chi connectivity index (χ3n) is 4.89. The number of pyridine rings is 1. The van der Waals surface area contributed by atoms with Gasteiger partial charge in [-0.3, -0.25) is 9.78 Å². The first-order valence-electron chi connectivity index (χ1n) is 9.60. The van der Waals surface area contributed by atoms with E-state index in [-0.39, 0.29) is 11.9 Å². The zero-order valence-electron chi connectivity index (χ0n) is 15.9. The minimum Gasteiger partial charge on any atom is -0.367 e. The smallest absolute Gasteiger partial charge is 0.270 e. The van der Waals surface area contributed by atoms with Crippen LogP contribution in [0.2, 0.25) is 0 Å². The number of hydrogen-bond acceptors (Lipinski definition) is 5. The third kappa shape index (κ3) is 4.01. The van der Waals surface area contributed by atoms with Crippen molar-refractivity contribution >= 4 is 11.7 Å². The minimum atomic E-state index is -0.145. The van der Waals surface area contributed by atoms with Crippen LogP contribution < -0.4 is 10.6 Å². The van der Waals surface area contributed by atoms with E-state index in [0.29, 0.717) is 18.1 Å². The molecule has 1 aromatic carbocycles. The summed E-state index contributed by atoms with van der Waals surface area (Å²) in [5.41, 5.74) is 3.46. The van der Waals surface area contributed by atoms with Crippen molar-refractivity contribution in [1.29, 1.82) is 0 Å². The van der Waals surface area contributed by atoms with Crippen molar-refractivity contribution in [2.75, 3.05) is 11.9 Å². The molecule has 6 heteroatoms. The zero-order valence-corrected chi connectivity index (χ0v) is 15.9. The lowest BCUT2D eigenvalue weighted by atomic mass is 10.0. The Hall–Kier alpha value is -3.28. The number of carbonyl (C=O) groups is 1. The summed E-state index contributed by atoms with van der Waals surface area (Å²) in [7, 11) is 0. The van der Waals surface area contributed by atoms with Crippen molar-refractivity contribution in [3.63, 3.8) is 0 Å². The van der Waals surface area contributed by atoms with E-state index in [2.05, 4.69) is 51.8 Å². The van der Waals surface area contributed by atoms with E-state index >= 15 is 0 Å². The van der Waals surface area contributed by atoms with E-state index in [4.69, 9.17) is 4.98 Å². The van der Waals surface area contributed by atoms with Crippen LogP contribution in [0.4, 0.5) is 5.82 Å². The number of nitrogens with zero attached hydrogens (tertiary/aromatic N) is 3. The van der Waals surface area contributed by atoms with Gasteiger partial charge in [0.2, 0.25) is 0 Å². The van der Waals surface area contributed by atoms with Crippen molar-refractivity contribution in [3.05, 3.63) is 71.7 Å². The van der Waals surface area contributed by atoms with Gasteiger partial charge in [0.15, 0.2) is 5.82 Å². The number of anilines is 1. The maximum absolute atomic E-state index is 12.4. The lowest BCUT2D eigenvalue weighted by Crippen LogP contribution is -2.34. The second-order valence-corrected chi connectivity index (χ2v) is 7.04. The normalized spacial score (nSPS) is 14.1. The molecule has 0 saturated carbocycles. The van der Waals surface area contributed by atoms with Crippen LogP contribution in [-0.2, 0) is 12.8 Å². The number of benzene rings is 1. The van der Waals surface area contributed by atoms with Gasteiger partial charge in [0.05, 0.1) is 0 Å². The fraction of sp³-hybridized carbons (Fsp3) is 0.273. The second-order valence-electron chi connectivity index (χ2n) is 7.04. The molecule has 3 heterocycles. The van der Waals surface area contributed by atoms with Crippen LogP contribution in [0.3, 0.4) is 0 Å². The van der Waals surface area contributed by atoms with Crippen LogP contribution in [-0.4, -0.2) is 33.4 Å². The second kappa shape index (κ2) is 8.17. The number of rotatable bonds is 6. The molecule has 6 nitrogen and oxygen atoms in total. The first-order valence-corrected chi connectivity index (χ1v) is 9.60. The third-order valence-corrected chi connectivity index (χ3v) is 4.89. The van der Waals surface area contributed by atoms with Crippen molar-refractivity contribution in [2.45, 2.75) is 32.2 Å². The number of aryl methyl sites for hydroxylation is 1. The largest absolute Gasteiger partial charge is 0.367 e. The monoisotopic (exact) mass is 373 g/mol. The Bertz CT molecular complexity index is 959. The van der Waals surface area contributed by atoms with Crippen LogP contribution in [0.1, 0.15) is 35.0 Å². The highest BCUT2D eigenvalue weighted by Gasteiger charge is 2.24.